The monoisotopic (exact) mass is 329 g/mol. The zero-order valence-electron chi connectivity index (χ0n) is 15.7. The van der Waals surface area contributed by atoms with E-state index < -0.39 is 5.60 Å². The topological polar surface area (TPSA) is 29.5 Å². The minimum atomic E-state index is -0.466. The van der Waals surface area contributed by atoms with Crippen molar-refractivity contribution in [3.05, 3.63) is 60.7 Å². The van der Waals surface area contributed by atoms with Crippen molar-refractivity contribution >= 4 is 5.97 Å². The first-order valence-corrected chi connectivity index (χ1v) is 8.54. The molecule has 0 fully saturated rings. The van der Waals surface area contributed by atoms with Gasteiger partial charge in [-0.1, -0.05) is 48.6 Å². The first-order valence-electron chi connectivity index (χ1n) is 8.54. The van der Waals surface area contributed by atoms with Crippen LogP contribution in [-0.4, -0.2) is 29.1 Å². The molecule has 0 aliphatic rings. The summed E-state index contributed by atoms with van der Waals surface area (Å²) in [5.41, 5.74) is 0.754. The zero-order valence-corrected chi connectivity index (χ0v) is 15.7. The fourth-order valence-electron chi connectivity index (χ4n) is 2.72. The van der Waals surface area contributed by atoms with Gasteiger partial charge in [0.15, 0.2) is 0 Å². The Hall–Kier alpha value is -1.87. The van der Waals surface area contributed by atoms with Gasteiger partial charge in [0.2, 0.25) is 0 Å². The van der Waals surface area contributed by atoms with Gasteiger partial charge in [-0.05, 0) is 40.2 Å². The van der Waals surface area contributed by atoms with Crippen LogP contribution in [0.1, 0.15) is 52.6 Å². The highest BCUT2D eigenvalue weighted by Crippen LogP contribution is 2.25. The second-order valence-electron chi connectivity index (χ2n) is 6.96. The molecule has 132 valence electrons. The van der Waals surface area contributed by atoms with Crippen LogP contribution in [0.2, 0.25) is 0 Å². The molecule has 0 saturated heterocycles. The van der Waals surface area contributed by atoms with Crippen molar-refractivity contribution < 1.29 is 9.53 Å². The average Bonchev–Trinajstić information content (AvgIpc) is 2.50. The molecule has 0 spiro atoms. The van der Waals surface area contributed by atoms with Crippen LogP contribution >= 0.6 is 0 Å². The van der Waals surface area contributed by atoms with E-state index in [4.69, 9.17) is 4.74 Å². The average molecular weight is 329 g/mol. The standard InChI is InChI=1S/C21H31NO2/c1-7-12-19(16-20(23)24-21(4,5)6)22(15-8-2)17(3)18-13-10-9-11-14-18/h7-14,17,19H,2,15-16H2,1,3-6H3/b12-7+/t17-,19-/m0/s1. The van der Waals surface area contributed by atoms with Crippen LogP contribution in [-0.2, 0) is 9.53 Å². The molecule has 0 radical (unpaired) electrons. The second-order valence-corrected chi connectivity index (χ2v) is 6.96. The molecule has 3 heteroatoms. The maximum Gasteiger partial charge on any atom is 0.308 e. The van der Waals surface area contributed by atoms with Gasteiger partial charge in [0.05, 0.1) is 6.42 Å². The molecule has 3 nitrogen and oxygen atoms in total. The number of carbonyl (C=O) groups is 1. The van der Waals surface area contributed by atoms with Crippen molar-refractivity contribution in [2.24, 2.45) is 0 Å². The highest BCUT2D eigenvalue weighted by Gasteiger charge is 2.26. The highest BCUT2D eigenvalue weighted by molar-refractivity contribution is 5.71. The summed E-state index contributed by atoms with van der Waals surface area (Å²) in [4.78, 5) is 14.6. The van der Waals surface area contributed by atoms with E-state index in [1.807, 2.05) is 58.0 Å². The van der Waals surface area contributed by atoms with E-state index in [1.165, 1.54) is 5.56 Å². The fourth-order valence-corrected chi connectivity index (χ4v) is 2.72. The van der Waals surface area contributed by atoms with E-state index in [0.717, 1.165) is 0 Å². The van der Waals surface area contributed by atoms with Gasteiger partial charge in [-0.15, -0.1) is 6.58 Å². The number of hydrogen-bond donors (Lipinski definition) is 0. The predicted molar refractivity (Wildman–Crippen MR) is 101 cm³/mol. The second kappa shape index (κ2) is 9.43. The number of carbonyl (C=O) groups excluding carboxylic acids is 1. The Bertz CT molecular complexity index is 543. The molecule has 0 aromatic heterocycles. The number of esters is 1. The van der Waals surface area contributed by atoms with Gasteiger partial charge in [-0.2, -0.15) is 0 Å². The van der Waals surface area contributed by atoms with Crippen molar-refractivity contribution in [1.29, 1.82) is 0 Å². The number of ether oxygens (including phenoxy) is 1. The van der Waals surface area contributed by atoms with Gasteiger partial charge in [0.25, 0.3) is 0 Å². The Kier molecular flexibility index (Phi) is 7.93. The summed E-state index contributed by atoms with van der Waals surface area (Å²) in [6.07, 6.45) is 6.26. The SMILES string of the molecule is C=CCN([C@@H](/C=C/C)CC(=O)OC(C)(C)C)[C@@H](C)c1ccccc1. The first kappa shape index (κ1) is 20.2. The van der Waals surface area contributed by atoms with Crippen LogP contribution in [0.5, 0.6) is 0 Å². The van der Waals surface area contributed by atoms with Crippen molar-refractivity contribution in [3.8, 4) is 0 Å². The van der Waals surface area contributed by atoms with Gasteiger partial charge < -0.3 is 4.74 Å². The first-order chi connectivity index (χ1) is 11.3. The summed E-state index contributed by atoms with van der Waals surface area (Å²) in [5, 5.41) is 0. The Morgan fingerprint density at radius 3 is 2.42 bits per heavy atom. The lowest BCUT2D eigenvalue weighted by Crippen LogP contribution is -2.39. The van der Waals surface area contributed by atoms with E-state index in [-0.39, 0.29) is 18.1 Å². The summed E-state index contributed by atoms with van der Waals surface area (Å²) in [5.74, 6) is -0.181. The Morgan fingerprint density at radius 1 is 1.29 bits per heavy atom. The molecule has 0 amide bonds. The molecule has 0 aliphatic heterocycles. The molecule has 0 N–H and O–H groups in total. The highest BCUT2D eigenvalue weighted by atomic mass is 16.6. The third-order valence-electron chi connectivity index (χ3n) is 3.76. The van der Waals surface area contributed by atoms with Crippen molar-refractivity contribution in [2.75, 3.05) is 6.54 Å². The zero-order chi connectivity index (χ0) is 18.2. The maximum absolute atomic E-state index is 12.3. The lowest BCUT2D eigenvalue weighted by Gasteiger charge is -2.34. The number of nitrogens with zero attached hydrogens (tertiary/aromatic N) is 1. The quantitative estimate of drug-likeness (QED) is 0.501. The van der Waals surface area contributed by atoms with E-state index in [0.29, 0.717) is 13.0 Å². The molecule has 1 rings (SSSR count). The molecule has 0 bridgehead atoms. The van der Waals surface area contributed by atoms with E-state index >= 15 is 0 Å². The Labute approximate surface area is 147 Å². The van der Waals surface area contributed by atoms with E-state index in [2.05, 4.69) is 36.6 Å². The predicted octanol–water partition coefficient (Wildman–Crippen LogP) is 4.91. The van der Waals surface area contributed by atoms with Crippen LogP contribution in [0.4, 0.5) is 0 Å². The van der Waals surface area contributed by atoms with Crippen LogP contribution < -0.4 is 0 Å². The molecular formula is C21H31NO2. The van der Waals surface area contributed by atoms with Gasteiger partial charge >= 0.3 is 5.97 Å². The molecule has 1 aromatic carbocycles. The third kappa shape index (κ3) is 6.71. The minimum absolute atomic E-state index is 0.0296. The summed E-state index contributed by atoms with van der Waals surface area (Å²) in [6.45, 7) is 14.4. The van der Waals surface area contributed by atoms with Crippen LogP contribution in [0.25, 0.3) is 0 Å². The lowest BCUT2D eigenvalue weighted by atomic mass is 10.0. The third-order valence-corrected chi connectivity index (χ3v) is 3.76. The number of benzene rings is 1. The molecule has 0 aliphatic carbocycles. The summed E-state index contributed by atoms with van der Waals surface area (Å²) in [6, 6.07) is 10.5. The van der Waals surface area contributed by atoms with Crippen LogP contribution in [0.15, 0.2) is 55.1 Å². The van der Waals surface area contributed by atoms with Gasteiger partial charge in [-0.3, -0.25) is 9.69 Å². The molecule has 0 saturated carbocycles. The van der Waals surface area contributed by atoms with Gasteiger partial charge in [0.1, 0.15) is 5.60 Å². The molecule has 0 heterocycles. The normalized spacial score (nSPS) is 14.6. The number of allylic oxidation sites excluding steroid dienone is 1. The fraction of sp³-hybridized carbons (Fsp3) is 0.476. The van der Waals surface area contributed by atoms with Crippen LogP contribution in [0.3, 0.4) is 0 Å². The molecule has 1 aromatic rings. The number of hydrogen-bond acceptors (Lipinski definition) is 3. The molecule has 24 heavy (non-hydrogen) atoms. The lowest BCUT2D eigenvalue weighted by molar-refractivity contribution is -0.156. The van der Waals surface area contributed by atoms with Gasteiger partial charge in [0, 0.05) is 18.6 Å². The van der Waals surface area contributed by atoms with Crippen molar-refractivity contribution in [2.45, 2.75) is 58.7 Å². The minimum Gasteiger partial charge on any atom is -0.460 e. The smallest absolute Gasteiger partial charge is 0.308 e. The molecular weight excluding hydrogens is 298 g/mol. The maximum atomic E-state index is 12.3. The van der Waals surface area contributed by atoms with Crippen LogP contribution in [0, 0.1) is 0 Å². The Morgan fingerprint density at radius 2 is 1.92 bits per heavy atom. The molecule has 0 unspecified atom stereocenters. The Balaban J connectivity index is 2.98. The molecule has 2 atom stereocenters. The van der Waals surface area contributed by atoms with E-state index in [1.54, 1.807) is 0 Å². The summed E-state index contributed by atoms with van der Waals surface area (Å²) < 4.78 is 5.50. The van der Waals surface area contributed by atoms with Crippen molar-refractivity contribution in [3.63, 3.8) is 0 Å². The van der Waals surface area contributed by atoms with Gasteiger partial charge in [-0.25, -0.2) is 0 Å². The van der Waals surface area contributed by atoms with E-state index in [9.17, 15) is 4.79 Å². The summed E-state index contributed by atoms with van der Waals surface area (Å²) in [7, 11) is 0. The van der Waals surface area contributed by atoms with Crippen molar-refractivity contribution in [1.82, 2.24) is 4.90 Å². The number of rotatable bonds is 8. The largest absolute Gasteiger partial charge is 0.460 e. The summed E-state index contributed by atoms with van der Waals surface area (Å²) >= 11 is 0.